The maximum Gasteiger partial charge on any atom is 0.303 e. The van der Waals surface area contributed by atoms with Crippen LogP contribution in [0.15, 0.2) is 24.3 Å². The van der Waals surface area contributed by atoms with Gasteiger partial charge in [-0.15, -0.1) is 0 Å². The van der Waals surface area contributed by atoms with E-state index >= 15 is 0 Å². The minimum atomic E-state index is -0.853. The lowest BCUT2D eigenvalue weighted by Gasteiger charge is -2.36. The summed E-state index contributed by atoms with van der Waals surface area (Å²) in [5, 5.41) is 8.80. The third kappa shape index (κ3) is 4.21. The van der Waals surface area contributed by atoms with Gasteiger partial charge in [0.15, 0.2) is 0 Å². The Morgan fingerprint density at radius 1 is 1.14 bits per heavy atom. The number of hydrogen-bond acceptors (Lipinski definition) is 3. The van der Waals surface area contributed by atoms with E-state index < -0.39 is 5.97 Å². The number of anilines is 1. The van der Waals surface area contributed by atoms with Gasteiger partial charge in [-0.3, -0.25) is 14.4 Å². The van der Waals surface area contributed by atoms with Crippen LogP contribution in [0.5, 0.6) is 0 Å². The fraction of sp³-hybridized carbons (Fsp3) is 0.591. The molecule has 1 heterocycles. The molecule has 1 fully saturated rings. The number of amides is 2. The monoisotopic (exact) mass is 386 g/mol. The second kappa shape index (κ2) is 8.76. The molecule has 6 nitrogen and oxygen atoms in total. The summed E-state index contributed by atoms with van der Waals surface area (Å²) in [6, 6.07) is 8.12. The van der Waals surface area contributed by atoms with E-state index in [1.54, 1.807) is 11.9 Å². The molecule has 152 valence electrons. The molecule has 1 aliphatic carbocycles. The van der Waals surface area contributed by atoms with Crippen LogP contribution < -0.4 is 4.90 Å². The van der Waals surface area contributed by atoms with Crippen LogP contribution in [0.25, 0.3) is 0 Å². The first-order valence-electron chi connectivity index (χ1n) is 10.3. The maximum absolute atomic E-state index is 13.5. The Hall–Kier alpha value is -2.37. The van der Waals surface area contributed by atoms with Crippen molar-refractivity contribution in [3.8, 4) is 0 Å². The summed E-state index contributed by atoms with van der Waals surface area (Å²) in [5.41, 5.74) is 2.17. The molecular formula is C22H30N2O4. The number of hydrogen-bond donors (Lipinski definition) is 1. The standard InChI is InChI=1S/C22H30N2O4/c1-15-14-16-8-3-6-11-19(16)24(15)22(28)18-10-5-4-9-17(18)21(27)23(2)13-7-12-20(25)26/h3,6,8,11,15,17-18H,4-5,7,9-10,12-14H2,1-2H3,(H,25,26). The highest BCUT2D eigenvalue weighted by Gasteiger charge is 2.42. The van der Waals surface area contributed by atoms with Crippen molar-refractivity contribution in [3.05, 3.63) is 29.8 Å². The Bertz CT molecular complexity index is 748. The number of carboxylic acids is 1. The van der Waals surface area contributed by atoms with E-state index in [1.165, 1.54) is 5.56 Å². The SMILES string of the molecule is CC1Cc2ccccc2N1C(=O)C1CCCCC1C(=O)N(C)CCCC(=O)O. The summed E-state index contributed by atoms with van der Waals surface area (Å²) in [7, 11) is 1.72. The summed E-state index contributed by atoms with van der Waals surface area (Å²) in [6.07, 6.45) is 4.71. The Morgan fingerprint density at radius 3 is 2.54 bits per heavy atom. The zero-order valence-electron chi connectivity index (χ0n) is 16.8. The van der Waals surface area contributed by atoms with Crippen LogP contribution in [0.4, 0.5) is 5.69 Å². The zero-order valence-corrected chi connectivity index (χ0v) is 16.8. The van der Waals surface area contributed by atoms with Crippen molar-refractivity contribution >= 4 is 23.5 Å². The first-order chi connectivity index (χ1) is 13.4. The molecule has 1 saturated carbocycles. The lowest BCUT2D eigenvalue weighted by molar-refractivity contribution is -0.142. The zero-order chi connectivity index (χ0) is 20.3. The minimum absolute atomic E-state index is 0.0245. The number of carbonyl (C=O) groups is 3. The molecule has 28 heavy (non-hydrogen) atoms. The average Bonchev–Trinajstić information content (AvgIpc) is 3.02. The van der Waals surface area contributed by atoms with Crippen LogP contribution >= 0.6 is 0 Å². The van der Waals surface area contributed by atoms with Crippen molar-refractivity contribution in [2.45, 2.75) is 57.9 Å². The Labute approximate surface area is 166 Å². The molecule has 0 saturated heterocycles. The molecule has 0 spiro atoms. The van der Waals surface area contributed by atoms with Crippen molar-refractivity contribution in [1.29, 1.82) is 0 Å². The number of benzene rings is 1. The summed E-state index contributed by atoms with van der Waals surface area (Å²) < 4.78 is 0. The molecule has 6 heteroatoms. The van der Waals surface area contributed by atoms with E-state index in [2.05, 4.69) is 13.0 Å². The Kier molecular flexibility index (Phi) is 6.37. The van der Waals surface area contributed by atoms with Gasteiger partial charge < -0.3 is 14.9 Å². The predicted octanol–water partition coefficient (Wildman–Crippen LogP) is 3.09. The van der Waals surface area contributed by atoms with Gasteiger partial charge in [0, 0.05) is 37.7 Å². The topological polar surface area (TPSA) is 77.9 Å². The van der Waals surface area contributed by atoms with E-state index in [-0.39, 0.29) is 36.1 Å². The highest BCUT2D eigenvalue weighted by atomic mass is 16.4. The van der Waals surface area contributed by atoms with Crippen molar-refractivity contribution in [1.82, 2.24) is 4.90 Å². The molecule has 1 aromatic carbocycles. The molecular weight excluding hydrogens is 356 g/mol. The smallest absolute Gasteiger partial charge is 0.303 e. The van der Waals surface area contributed by atoms with Crippen molar-refractivity contribution in [2.24, 2.45) is 11.8 Å². The highest BCUT2D eigenvalue weighted by molar-refractivity contribution is 6.00. The number of aliphatic carboxylic acids is 1. The summed E-state index contributed by atoms with van der Waals surface area (Å²) in [6.45, 7) is 2.47. The minimum Gasteiger partial charge on any atom is -0.481 e. The number of carboxylic acid groups (broad SMARTS) is 1. The molecule has 1 aliphatic heterocycles. The third-order valence-corrected chi connectivity index (χ3v) is 6.11. The Balaban J connectivity index is 1.73. The molecule has 2 aliphatic rings. The third-order valence-electron chi connectivity index (χ3n) is 6.11. The van der Waals surface area contributed by atoms with E-state index in [9.17, 15) is 14.4 Å². The van der Waals surface area contributed by atoms with Gasteiger partial charge in [0.25, 0.3) is 0 Å². The van der Waals surface area contributed by atoms with Crippen molar-refractivity contribution < 1.29 is 19.5 Å². The van der Waals surface area contributed by atoms with Gasteiger partial charge in [0.05, 0.1) is 5.92 Å². The molecule has 0 radical (unpaired) electrons. The van der Waals surface area contributed by atoms with Gasteiger partial charge in [-0.25, -0.2) is 0 Å². The highest BCUT2D eigenvalue weighted by Crippen LogP contribution is 2.38. The largest absolute Gasteiger partial charge is 0.481 e. The molecule has 1 N–H and O–H groups in total. The maximum atomic E-state index is 13.5. The molecule has 0 aromatic heterocycles. The number of para-hydroxylation sites is 1. The quantitative estimate of drug-likeness (QED) is 0.815. The van der Waals surface area contributed by atoms with Gasteiger partial charge >= 0.3 is 5.97 Å². The second-order valence-corrected chi connectivity index (χ2v) is 8.14. The van der Waals surface area contributed by atoms with Crippen LogP contribution in [0.1, 0.15) is 51.0 Å². The Morgan fingerprint density at radius 2 is 1.82 bits per heavy atom. The van der Waals surface area contributed by atoms with Gasteiger partial charge in [0.1, 0.15) is 0 Å². The van der Waals surface area contributed by atoms with Gasteiger partial charge in [-0.2, -0.15) is 0 Å². The molecule has 1 aromatic rings. The van der Waals surface area contributed by atoms with Crippen LogP contribution in [-0.4, -0.2) is 47.4 Å². The number of carbonyl (C=O) groups excluding carboxylic acids is 2. The lowest BCUT2D eigenvalue weighted by Crippen LogP contribution is -2.47. The van der Waals surface area contributed by atoms with Crippen LogP contribution in [-0.2, 0) is 20.8 Å². The van der Waals surface area contributed by atoms with Gasteiger partial charge in [0.2, 0.25) is 11.8 Å². The van der Waals surface area contributed by atoms with E-state index in [0.717, 1.165) is 37.8 Å². The summed E-state index contributed by atoms with van der Waals surface area (Å²) >= 11 is 0. The van der Waals surface area contributed by atoms with E-state index in [4.69, 9.17) is 5.11 Å². The number of nitrogens with zero attached hydrogens (tertiary/aromatic N) is 2. The van der Waals surface area contributed by atoms with Gasteiger partial charge in [-0.1, -0.05) is 31.0 Å². The van der Waals surface area contributed by atoms with E-state index in [0.29, 0.717) is 13.0 Å². The lowest BCUT2D eigenvalue weighted by atomic mass is 9.77. The summed E-state index contributed by atoms with van der Waals surface area (Å²) in [4.78, 5) is 40.8. The van der Waals surface area contributed by atoms with Crippen LogP contribution in [0, 0.1) is 11.8 Å². The number of rotatable bonds is 6. The number of fused-ring (bicyclic) bond motifs is 1. The normalized spacial score (nSPS) is 23.9. The second-order valence-electron chi connectivity index (χ2n) is 8.14. The fourth-order valence-electron chi connectivity index (χ4n) is 4.66. The molecule has 0 bridgehead atoms. The van der Waals surface area contributed by atoms with Crippen molar-refractivity contribution in [3.63, 3.8) is 0 Å². The first-order valence-corrected chi connectivity index (χ1v) is 10.3. The molecule has 2 amide bonds. The van der Waals surface area contributed by atoms with Crippen LogP contribution in [0.3, 0.4) is 0 Å². The summed E-state index contributed by atoms with van der Waals surface area (Å²) in [5.74, 6) is -1.42. The molecule has 3 unspecified atom stereocenters. The van der Waals surface area contributed by atoms with E-state index in [1.807, 2.05) is 23.1 Å². The molecule has 3 atom stereocenters. The predicted molar refractivity (Wildman–Crippen MR) is 107 cm³/mol. The van der Waals surface area contributed by atoms with Crippen LogP contribution in [0.2, 0.25) is 0 Å². The first kappa shape index (κ1) is 20.4. The fourth-order valence-corrected chi connectivity index (χ4v) is 4.66. The van der Waals surface area contributed by atoms with Crippen molar-refractivity contribution in [2.75, 3.05) is 18.5 Å². The average molecular weight is 386 g/mol. The molecule has 3 rings (SSSR count). The van der Waals surface area contributed by atoms with Gasteiger partial charge in [-0.05, 0) is 44.2 Å².